The van der Waals surface area contributed by atoms with Crippen LogP contribution in [0.15, 0.2) is 109 Å². The lowest BCUT2D eigenvalue weighted by atomic mass is 9.79. The number of amides is 2. The number of carbonyl (C=O) groups is 4. The highest BCUT2D eigenvalue weighted by atomic mass is 33.5. The first-order chi connectivity index (χ1) is 59.2. The summed E-state index contributed by atoms with van der Waals surface area (Å²) in [7, 11) is 50.0. The number of halogens is 1. The number of hydrogen-bond donors (Lipinski definition) is 4. The number of methoxy groups -OCH3 is 2. The van der Waals surface area contributed by atoms with Crippen LogP contribution in [0.2, 0.25) is 5.04 Å². The summed E-state index contributed by atoms with van der Waals surface area (Å²) in [5.74, 6) is -3.24. The molecule has 722 valence electrons. The fourth-order valence-corrected chi connectivity index (χ4v) is 79.0. The Morgan fingerprint density at radius 3 is 1.15 bits per heavy atom. The molecule has 4 aliphatic rings. The standard InChI is InChI=1S/C46H70N2O9Si.C30H52N2O9.FH.S26/c1-14-27-53-43(50)47-30-35-28-38(48(11)12)32(3)42(54-35)55-40(33(4)39-34(5)41(49)57-45(8,9)56-39)46(10,52-13)29-31(2)25-26-44(6,7)58(51,36-21-17-15-18-22-36)37-23-19-16-20-24-37;1-12-13-37-28(35)31-16-22-14-23(32(9)10)19(3)27(38-22)39-25(30(8,36-11)15-18(2)17-33)20(4)24-21(5)26(34)41-29(6,7)40-24;;1-3-5-7-9-11-13-15-17-19-21-23-25-26-24-22-20-18-16-14-12-10-8-6-4-2/h14-24,31-33,35,38,40,42,51H,1,25-30H2,2-13H3,(H,47,50);12,18-20,22-23,25,27,33H,1,13-17H2,2-11H3,(H,31,35);1H;/t31-,32?,33-,35?,38?,40+,42-,46+;18-,19?,20+,22?,23?,25-,27+,30-;;/m01../s1. The average Bonchev–Trinajstić information content (AvgIpc) is 0.753. The van der Waals surface area contributed by atoms with E-state index in [0.717, 1.165) is 23.2 Å². The molecular weight excluding hydrogens is 2140 g/mol. The van der Waals surface area contributed by atoms with E-state index in [1.165, 1.54) is 29.9 Å². The third-order valence-electron chi connectivity index (χ3n) is 20.9. The number of cyclic esters (lactones) is 2. The highest BCUT2D eigenvalue weighted by molar-refractivity contribution is 8.79. The molecule has 0 bridgehead atoms. The minimum atomic E-state index is -3.22. The van der Waals surface area contributed by atoms with E-state index in [9.17, 15) is 29.1 Å². The summed E-state index contributed by atoms with van der Waals surface area (Å²) in [5, 5.41) is 17.0. The molecule has 0 saturated carbocycles. The van der Waals surface area contributed by atoms with Crippen molar-refractivity contribution in [3.63, 3.8) is 0 Å². The molecule has 0 spiro atoms. The number of rotatable bonds is 33. The molecule has 4 N–H and O–H groups in total. The normalized spacial score (nSPS) is 21.7. The fraction of sp³-hybridized carbons (Fsp3) is 0.684. The highest BCUT2D eigenvalue weighted by Gasteiger charge is 2.54. The van der Waals surface area contributed by atoms with Gasteiger partial charge in [-0.3, -0.25) is 4.70 Å². The molecule has 2 aromatic rings. The van der Waals surface area contributed by atoms with Crippen LogP contribution < -0.4 is 21.0 Å². The summed E-state index contributed by atoms with van der Waals surface area (Å²) in [6.45, 7) is 38.7. The summed E-state index contributed by atoms with van der Waals surface area (Å²) in [6, 6.07) is 20.4. The van der Waals surface area contributed by atoms with Crippen molar-refractivity contribution in [3.05, 3.63) is 109 Å². The second-order valence-corrected chi connectivity index (χ2v) is 78.2. The van der Waals surface area contributed by atoms with Crippen LogP contribution in [-0.2, 0) is 302 Å². The molecule has 2 amide bonds. The Hall–Kier alpha value is -0.0531. The van der Waals surface area contributed by atoms with Gasteiger partial charge in [-0.2, -0.15) is 0 Å². The van der Waals surface area contributed by atoms with Crippen LogP contribution in [0.5, 0.6) is 0 Å². The first-order valence-corrected chi connectivity index (χ1v) is 74.5. The molecule has 126 heavy (non-hydrogen) atoms. The van der Waals surface area contributed by atoms with Crippen LogP contribution in [-0.4, -0.2) is 199 Å². The summed E-state index contributed by atoms with van der Waals surface area (Å²) in [5.41, 5.74) is -1.04. The predicted molar refractivity (Wildman–Crippen MR) is 578 cm³/mol. The van der Waals surface area contributed by atoms with E-state index in [0.29, 0.717) is 48.3 Å². The molecule has 2 saturated heterocycles. The van der Waals surface area contributed by atoms with Crippen molar-refractivity contribution in [2.45, 2.75) is 226 Å². The van der Waals surface area contributed by atoms with Gasteiger partial charge in [0.2, 0.25) is 11.6 Å². The third kappa shape index (κ3) is 40.9. The van der Waals surface area contributed by atoms with Crippen molar-refractivity contribution >= 4 is 278 Å². The molecule has 2 fully saturated rings. The van der Waals surface area contributed by atoms with Crippen molar-refractivity contribution in [2.75, 3.05) is 75.3 Å². The Morgan fingerprint density at radius 1 is 0.556 bits per heavy atom. The molecule has 16 atom stereocenters. The number of nitrogens with zero attached hydrogens (tertiary/aromatic N) is 2. The monoisotopic (exact) mass is 2260 g/mol. The van der Waals surface area contributed by atoms with E-state index in [4.69, 9.17) is 79.2 Å². The topological polar surface area (TPSA) is 250 Å². The summed E-state index contributed by atoms with van der Waals surface area (Å²) in [6.07, 6.45) is 2.55. The maximum absolute atomic E-state index is 13.2. The van der Waals surface area contributed by atoms with Gasteiger partial charge in [0, 0.05) is 333 Å². The van der Waals surface area contributed by atoms with Crippen LogP contribution in [0, 0.1) is 35.5 Å². The van der Waals surface area contributed by atoms with Crippen molar-refractivity contribution in [3.8, 4) is 0 Å². The van der Waals surface area contributed by atoms with E-state index in [1.54, 1.807) is 180 Å². The van der Waals surface area contributed by atoms with Crippen LogP contribution >= 0.6 is 0 Å². The van der Waals surface area contributed by atoms with Gasteiger partial charge in [0.25, 0.3) is 8.32 Å². The smallest absolute Gasteiger partial charge is 0.407 e. The van der Waals surface area contributed by atoms with Crippen molar-refractivity contribution < 1.29 is 90.6 Å². The van der Waals surface area contributed by atoms with Gasteiger partial charge in [0.15, 0.2) is 12.6 Å². The summed E-state index contributed by atoms with van der Waals surface area (Å²) < 4.78 is 73.7. The molecule has 6 unspecified atom stereocenters. The van der Waals surface area contributed by atoms with Gasteiger partial charge in [-0.1, -0.05) is 148 Å². The second-order valence-electron chi connectivity index (χ2n) is 31.8. The number of esters is 2. The number of aliphatic hydroxyl groups excluding tert-OH is 1. The van der Waals surface area contributed by atoms with E-state index >= 15 is 0 Å². The molecule has 0 radical (unpaired) electrons. The Balaban J connectivity index is 0.000000525. The number of benzene rings is 2. The predicted octanol–water partition coefficient (Wildman–Crippen LogP) is 10.6. The van der Waals surface area contributed by atoms with E-state index in [1.807, 2.05) is 163 Å². The van der Waals surface area contributed by atoms with Crippen molar-refractivity contribution in [1.82, 2.24) is 20.4 Å². The maximum Gasteiger partial charge on any atom is 0.407 e. The number of hydrogen-bond acceptors (Lipinski definition) is 22. The van der Waals surface area contributed by atoms with Crippen LogP contribution in [0.25, 0.3) is 0 Å². The largest absolute Gasteiger partial charge is 0.456 e. The number of carbonyl (C=O) groups excluding carboxylic acids is 4. The first-order valence-electron chi connectivity index (χ1n) is 39.2. The van der Waals surface area contributed by atoms with Gasteiger partial charge in [0.1, 0.15) is 24.7 Å². The van der Waals surface area contributed by atoms with Crippen LogP contribution in [0.3, 0.4) is 0 Å². The third-order valence-corrected chi connectivity index (χ3v) is 76.6. The van der Waals surface area contributed by atoms with Gasteiger partial charge in [-0.05, 0) is 115 Å². The molecule has 4 heterocycles. The highest BCUT2D eigenvalue weighted by Crippen LogP contribution is 2.47. The number of aliphatic hydroxyl groups is 1. The van der Waals surface area contributed by atoms with Gasteiger partial charge < -0.3 is 87.2 Å². The minimum Gasteiger partial charge on any atom is -0.456 e. The average molecular weight is 2260 g/mol. The molecule has 0 aromatic heterocycles. The maximum atomic E-state index is 13.2. The fourth-order valence-electron chi connectivity index (χ4n) is 14.8. The zero-order valence-corrected chi connectivity index (χ0v) is 96.8. The summed E-state index contributed by atoms with van der Waals surface area (Å²) >= 11 is 9.55. The quantitative estimate of drug-likeness (QED) is 0.0224. The molecule has 4 aliphatic heterocycles. The number of nitrogens with one attached hydrogen (secondary N) is 2. The van der Waals surface area contributed by atoms with E-state index < -0.39 is 96.9 Å². The van der Waals surface area contributed by atoms with Gasteiger partial charge in [-0.25, -0.2) is 19.2 Å². The Morgan fingerprint density at radius 2 is 0.865 bits per heavy atom. The molecule has 0 aliphatic carbocycles. The Kier molecular flexibility index (Phi) is 59.8. The summed E-state index contributed by atoms with van der Waals surface area (Å²) in [4.78, 5) is 67.5. The van der Waals surface area contributed by atoms with Gasteiger partial charge >= 0.3 is 24.1 Å². The van der Waals surface area contributed by atoms with Crippen LogP contribution in [0.4, 0.5) is 14.3 Å². The minimum absolute atomic E-state index is 0. The van der Waals surface area contributed by atoms with Gasteiger partial charge in [-0.15, -0.1) is 0 Å². The van der Waals surface area contributed by atoms with Crippen LogP contribution in [0.1, 0.15) is 149 Å². The molecule has 6 rings (SSSR count). The Bertz CT molecular complexity index is 5050. The zero-order valence-electron chi connectivity index (χ0n) is 74.5. The van der Waals surface area contributed by atoms with E-state index in [2.05, 4.69) is 99.4 Å². The van der Waals surface area contributed by atoms with Crippen molar-refractivity contribution in [1.29, 1.82) is 0 Å². The second kappa shape index (κ2) is 62.7. The molecule has 50 heteroatoms. The lowest BCUT2D eigenvalue weighted by Gasteiger charge is -2.49. The molecule has 22 nitrogen and oxygen atoms in total. The number of ether oxygens (including phenoxy) is 12. The lowest BCUT2D eigenvalue weighted by Crippen LogP contribution is -2.65. The van der Waals surface area contributed by atoms with Gasteiger partial charge in [0.05, 0.1) is 46.8 Å². The Labute approximate surface area is 824 Å². The zero-order chi connectivity index (χ0) is 93.1. The van der Waals surface area contributed by atoms with E-state index in [-0.39, 0.29) is 85.6 Å². The SMILES string of the molecule is C=CCOC(=O)NCC1CC(N(C)C)C(C)[C@H](O[C@H]([C@@H](C)C2=C(C)C(=O)OC(C)(C)O2)[C@@](C)(C[C@@H](C)CCC(C)(C)[Si](O)(c2ccccc2)c2ccccc2)OC)O1.C=CCOC(=O)NCC1CC(N(C)C)C(C)[C@H](O[C@H]([C@@H](C)C2=C(C)C(=O)OC(C)(C)O2)[C@@](C)(C[C@@H](C)CO)OC)O1.F.S=S=S=S=S=S=S=S=S=S=S=S=S=S=S=S=S=S=S=S=S=S=S=S=S=S. The molecular formula is C76H123FN4O18S26Si. The molecule has 2 aromatic carbocycles. The first kappa shape index (κ1) is 120. The number of alkyl carbamates (subject to hydrolysis) is 2. The van der Waals surface area contributed by atoms with Crippen molar-refractivity contribution in [2.24, 2.45) is 35.5 Å². The lowest BCUT2D eigenvalue weighted by molar-refractivity contribution is -0.286.